The van der Waals surface area contributed by atoms with Crippen molar-refractivity contribution in [2.75, 3.05) is 11.4 Å². The van der Waals surface area contributed by atoms with Gasteiger partial charge in [0.05, 0.1) is 6.54 Å². The molecule has 2 heteroatoms. The molecule has 0 heterocycles. The van der Waals surface area contributed by atoms with Gasteiger partial charge in [-0.1, -0.05) is 24.1 Å². The zero-order valence-corrected chi connectivity index (χ0v) is 9.42. The van der Waals surface area contributed by atoms with Crippen LogP contribution >= 0.6 is 12.4 Å². The van der Waals surface area contributed by atoms with Crippen LogP contribution in [0, 0.1) is 12.3 Å². The molecule has 0 aliphatic rings. The van der Waals surface area contributed by atoms with E-state index >= 15 is 0 Å². The summed E-state index contributed by atoms with van der Waals surface area (Å²) >= 11 is 0. The van der Waals surface area contributed by atoms with Crippen LogP contribution in [0.5, 0.6) is 0 Å². The van der Waals surface area contributed by atoms with Crippen molar-refractivity contribution in [2.24, 2.45) is 0 Å². The second kappa shape index (κ2) is 6.34. The second-order valence-corrected chi connectivity index (χ2v) is 3.26. The summed E-state index contributed by atoms with van der Waals surface area (Å²) in [6.07, 6.45) is 5.31. The molecule has 76 valence electrons. The Balaban J connectivity index is 0.00000169. The Hall–Kier alpha value is -1.13. The lowest BCUT2D eigenvalue weighted by Gasteiger charge is -2.26. The Morgan fingerprint density at radius 1 is 1.29 bits per heavy atom. The van der Waals surface area contributed by atoms with Gasteiger partial charge in [0, 0.05) is 11.7 Å². The number of rotatable bonds is 3. The summed E-state index contributed by atoms with van der Waals surface area (Å²) in [5.41, 5.74) is 1.19. The Morgan fingerprint density at radius 3 is 2.29 bits per heavy atom. The number of para-hydroxylation sites is 1. The lowest BCUT2D eigenvalue weighted by molar-refractivity contribution is 0.729. The van der Waals surface area contributed by atoms with Crippen molar-refractivity contribution >= 4 is 18.1 Å². The van der Waals surface area contributed by atoms with Crippen molar-refractivity contribution < 1.29 is 0 Å². The predicted molar refractivity (Wildman–Crippen MR) is 65.0 cm³/mol. The minimum Gasteiger partial charge on any atom is -0.358 e. The molecule has 0 saturated carbocycles. The van der Waals surface area contributed by atoms with E-state index in [2.05, 4.69) is 36.8 Å². The van der Waals surface area contributed by atoms with Gasteiger partial charge in [-0.15, -0.1) is 18.8 Å². The molecule has 14 heavy (non-hydrogen) atoms. The predicted octanol–water partition coefficient (Wildman–Crippen LogP) is 2.96. The zero-order chi connectivity index (χ0) is 9.68. The van der Waals surface area contributed by atoms with Gasteiger partial charge < -0.3 is 4.90 Å². The number of hydrogen-bond acceptors (Lipinski definition) is 1. The monoisotopic (exact) mass is 209 g/mol. The smallest absolute Gasteiger partial charge is 0.0794 e. The molecule has 0 amide bonds. The number of halogens is 1. The van der Waals surface area contributed by atoms with Crippen LogP contribution in [0.1, 0.15) is 13.8 Å². The molecule has 1 aromatic rings. The molecule has 0 aliphatic heterocycles. The zero-order valence-electron chi connectivity index (χ0n) is 8.60. The Bertz CT molecular complexity index is 287. The molecule has 0 bridgehead atoms. The first-order valence-electron chi connectivity index (χ1n) is 4.51. The van der Waals surface area contributed by atoms with E-state index in [1.54, 1.807) is 0 Å². The molecule has 0 unspecified atom stereocenters. The molecule has 0 N–H and O–H groups in total. The van der Waals surface area contributed by atoms with Crippen molar-refractivity contribution in [3.8, 4) is 12.3 Å². The van der Waals surface area contributed by atoms with Gasteiger partial charge in [0.1, 0.15) is 0 Å². The van der Waals surface area contributed by atoms with Gasteiger partial charge in [0.15, 0.2) is 0 Å². The van der Waals surface area contributed by atoms with E-state index in [9.17, 15) is 0 Å². The van der Waals surface area contributed by atoms with Gasteiger partial charge in [-0.25, -0.2) is 0 Å². The van der Waals surface area contributed by atoms with E-state index in [0.29, 0.717) is 12.6 Å². The quantitative estimate of drug-likeness (QED) is 0.692. The first kappa shape index (κ1) is 12.9. The fraction of sp³-hybridized carbons (Fsp3) is 0.333. The average molecular weight is 210 g/mol. The third kappa shape index (κ3) is 3.32. The van der Waals surface area contributed by atoms with Gasteiger partial charge in [-0.3, -0.25) is 0 Å². The van der Waals surface area contributed by atoms with Crippen LogP contribution < -0.4 is 4.90 Å². The lowest BCUT2D eigenvalue weighted by atomic mass is 10.2. The summed E-state index contributed by atoms with van der Waals surface area (Å²) in [7, 11) is 0. The SMILES string of the molecule is C#CCN(c1ccccc1)C(C)C.Cl. The average Bonchev–Trinajstić information content (AvgIpc) is 2.15. The van der Waals surface area contributed by atoms with E-state index in [-0.39, 0.29) is 12.4 Å². The number of nitrogens with zero attached hydrogens (tertiary/aromatic N) is 1. The Kier molecular flexibility index (Phi) is 5.83. The molecule has 0 aromatic heterocycles. The van der Waals surface area contributed by atoms with Crippen LogP contribution in [0.2, 0.25) is 0 Å². The van der Waals surface area contributed by atoms with Crippen LogP contribution in [-0.2, 0) is 0 Å². The standard InChI is InChI=1S/C12H15N.ClH/c1-4-10-13(11(2)3)12-8-6-5-7-9-12;/h1,5-9,11H,10H2,2-3H3;1H. The summed E-state index contributed by atoms with van der Waals surface area (Å²) < 4.78 is 0. The topological polar surface area (TPSA) is 3.24 Å². The summed E-state index contributed by atoms with van der Waals surface area (Å²) in [6, 6.07) is 10.7. The largest absolute Gasteiger partial charge is 0.358 e. The molecule has 1 aromatic carbocycles. The third-order valence-electron chi connectivity index (χ3n) is 1.97. The molecule has 0 radical (unpaired) electrons. The minimum absolute atomic E-state index is 0. The maximum absolute atomic E-state index is 5.31. The second-order valence-electron chi connectivity index (χ2n) is 3.26. The summed E-state index contributed by atoms with van der Waals surface area (Å²) in [6.45, 7) is 4.95. The number of anilines is 1. The summed E-state index contributed by atoms with van der Waals surface area (Å²) in [4.78, 5) is 2.19. The van der Waals surface area contributed by atoms with Crippen LogP contribution in [0.15, 0.2) is 30.3 Å². The van der Waals surface area contributed by atoms with Crippen molar-refractivity contribution in [2.45, 2.75) is 19.9 Å². The molecule has 0 aliphatic carbocycles. The molecule has 1 nitrogen and oxygen atoms in total. The Labute approximate surface area is 92.5 Å². The van der Waals surface area contributed by atoms with Gasteiger partial charge >= 0.3 is 0 Å². The third-order valence-corrected chi connectivity index (χ3v) is 1.97. The first-order valence-corrected chi connectivity index (χ1v) is 4.51. The highest BCUT2D eigenvalue weighted by atomic mass is 35.5. The molecule has 0 saturated heterocycles. The van der Waals surface area contributed by atoms with E-state index in [0.717, 1.165) is 0 Å². The van der Waals surface area contributed by atoms with E-state index in [1.807, 2.05) is 18.2 Å². The van der Waals surface area contributed by atoms with Crippen LogP contribution in [-0.4, -0.2) is 12.6 Å². The van der Waals surface area contributed by atoms with E-state index in [4.69, 9.17) is 6.42 Å². The van der Waals surface area contributed by atoms with Gasteiger partial charge in [-0.05, 0) is 26.0 Å². The molecular weight excluding hydrogens is 194 g/mol. The fourth-order valence-electron chi connectivity index (χ4n) is 1.29. The van der Waals surface area contributed by atoms with Crippen molar-refractivity contribution in [3.05, 3.63) is 30.3 Å². The fourth-order valence-corrected chi connectivity index (χ4v) is 1.29. The maximum atomic E-state index is 5.31. The Morgan fingerprint density at radius 2 is 1.86 bits per heavy atom. The molecule has 0 fully saturated rings. The van der Waals surface area contributed by atoms with Crippen LogP contribution in [0.3, 0.4) is 0 Å². The maximum Gasteiger partial charge on any atom is 0.0794 e. The van der Waals surface area contributed by atoms with Crippen molar-refractivity contribution in [1.29, 1.82) is 0 Å². The lowest BCUT2D eigenvalue weighted by Crippen LogP contribution is -2.30. The van der Waals surface area contributed by atoms with Crippen molar-refractivity contribution in [3.63, 3.8) is 0 Å². The van der Waals surface area contributed by atoms with Gasteiger partial charge in [-0.2, -0.15) is 0 Å². The summed E-state index contributed by atoms with van der Waals surface area (Å²) in [5.74, 6) is 2.67. The minimum atomic E-state index is 0. The number of hydrogen-bond donors (Lipinski definition) is 0. The number of terminal acetylenes is 1. The molecule has 0 spiro atoms. The van der Waals surface area contributed by atoms with Crippen molar-refractivity contribution in [1.82, 2.24) is 0 Å². The first-order chi connectivity index (χ1) is 6.25. The summed E-state index contributed by atoms with van der Waals surface area (Å²) in [5, 5.41) is 0. The van der Waals surface area contributed by atoms with E-state index in [1.165, 1.54) is 5.69 Å². The highest BCUT2D eigenvalue weighted by Gasteiger charge is 2.07. The highest BCUT2D eigenvalue weighted by molar-refractivity contribution is 5.85. The van der Waals surface area contributed by atoms with Crippen LogP contribution in [0.25, 0.3) is 0 Å². The van der Waals surface area contributed by atoms with E-state index < -0.39 is 0 Å². The number of benzene rings is 1. The molecule has 0 atom stereocenters. The molecule has 1 rings (SSSR count). The van der Waals surface area contributed by atoms with Gasteiger partial charge in [0.2, 0.25) is 0 Å². The highest BCUT2D eigenvalue weighted by Crippen LogP contribution is 2.15. The van der Waals surface area contributed by atoms with Gasteiger partial charge in [0.25, 0.3) is 0 Å². The molecular formula is C12H16ClN. The normalized spacial score (nSPS) is 9.00. The van der Waals surface area contributed by atoms with Crippen LogP contribution in [0.4, 0.5) is 5.69 Å².